The maximum absolute atomic E-state index is 12.7. The Labute approximate surface area is 150 Å². The predicted octanol–water partition coefficient (Wildman–Crippen LogP) is 3.16. The molecule has 26 heavy (non-hydrogen) atoms. The van der Waals surface area contributed by atoms with Gasteiger partial charge in [-0.2, -0.15) is 0 Å². The molecule has 7 nitrogen and oxygen atoms in total. The molecule has 2 rings (SSSR count). The van der Waals surface area contributed by atoms with Crippen molar-refractivity contribution in [1.29, 1.82) is 0 Å². The van der Waals surface area contributed by atoms with Crippen molar-refractivity contribution < 1.29 is 24.3 Å². The van der Waals surface area contributed by atoms with Crippen LogP contribution in [0.5, 0.6) is 0 Å². The Bertz CT molecular complexity index is 775. The number of esters is 1. The molecule has 1 unspecified atom stereocenters. The van der Waals surface area contributed by atoms with Gasteiger partial charge in [0.05, 0.1) is 19.1 Å². The highest BCUT2D eigenvalue weighted by atomic mass is 16.9. The first-order valence-corrected chi connectivity index (χ1v) is 8.13. The molecule has 0 N–H and O–H groups in total. The molecule has 1 atom stereocenters. The molecule has 136 valence electrons. The third-order valence-electron chi connectivity index (χ3n) is 3.79. The number of benzene rings is 2. The van der Waals surface area contributed by atoms with E-state index in [1.807, 2.05) is 6.07 Å². The molecule has 0 fully saturated rings. The van der Waals surface area contributed by atoms with Crippen molar-refractivity contribution in [3.05, 3.63) is 81.4 Å². The minimum absolute atomic E-state index is 0.00577. The number of rotatable bonds is 9. The maximum atomic E-state index is 12.7. The van der Waals surface area contributed by atoms with E-state index < -0.39 is 17.0 Å². The van der Waals surface area contributed by atoms with Crippen LogP contribution in [0.1, 0.15) is 40.7 Å². The van der Waals surface area contributed by atoms with Crippen molar-refractivity contribution in [2.45, 2.75) is 19.3 Å². The summed E-state index contributed by atoms with van der Waals surface area (Å²) >= 11 is 0. The first-order valence-electron chi connectivity index (χ1n) is 8.13. The minimum Gasteiger partial charge on any atom is -0.465 e. The second-order valence-electron chi connectivity index (χ2n) is 5.58. The first kappa shape index (κ1) is 19.1. The molecule has 0 aromatic heterocycles. The molecule has 0 aliphatic heterocycles. The Morgan fingerprint density at radius 3 is 2.38 bits per heavy atom. The Kier molecular flexibility index (Phi) is 6.84. The van der Waals surface area contributed by atoms with Gasteiger partial charge in [-0.05, 0) is 12.5 Å². The lowest BCUT2D eigenvalue weighted by molar-refractivity contribution is -0.757. The summed E-state index contributed by atoms with van der Waals surface area (Å²) in [5.41, 5.74) is 1.56. The van der Waals surface area contributed by atoms with E-state index in [0.717, 1.165) is 0 Å². The van der Waals surface area contributed by atoms with Crippen molar-refractivity contribution >= 4 is 11.8 Å². The summed E-state index contributed by atoms with van der Waals surface area (Å²) in [6.45, 7) is 1.52. The number of nitrogens with zero attached hydrogens (tertiary/aromatic N) is 1. The van der Waals surface area contributed by atoms with E-state index in [-0.39, 0.29) is 25.4 Å². The third-order valence-corrected chi connectivity index (χ3v) is 3.79. The number of carbonyl (C=O) groups is 2. The topological polar surface area (TPSA) is 95.7 Å². The van der Waals surface area contributed by atoms with Gasteiger partial charge < -0.3 is 9.57 Å². The van der Waals surface area contributed by atoms with Crippen LogP contribution < -0.4 is 0 Å². The Hall–Kier alpha value is -3.22. The quantitative estimate of drug-likeness (QED) is 0.225. The van der Waals surface area contributed by atoms with Crippen molar-refractivity contribution in [3.63, 3.8) is 0 Å². The molecular weight excluding hydrogens is 338 g/mol. The van der Waals surface area contributed by atoms with E-state index in [2.05, 4.69) is 4.84 Å². The summed E-state index contributed by atoms with van der Waals surface area (Å²) in [6.07, 6.45) is 0.212. The molecular formula is C19H19NO6. The minimum atomic E-state index is -0.893. The van der Waals surface area contributed by atoms with Gasteiger partial charge in [-0.25, -0.2) is 0 Å². The average Bonchev–Trinajstić information content (AvgIpc) is 2.66. The lowest BCUT2D eigenvalue weighted by Crippen LogP contribution is -2.18. The number of ether oxygens (including phenoxy) is 1. The molecule has 0 radical (unpaired) electrons. The Morgan fingerprint density at radius 1 is 1.04 bits per heavy atom. The number of ketones is 1. The van der Waals surface area contributed by atoms with Crippen molar-refractivity contribution in [2.24, 2.45) is 0 Å². The summed E-state index contributed by atoms with van der Waals surface area (Å²) in [7, 11) is 0. The molecule has 0 heterocycles. The van der Waals surface area contributed by atoms with E-state index in [9.17, 15) is 19.7 Å². The highest BCUT2D eigenvalue weighted by Gasteiger charge is 2.23. The Balaban J connectivity index is 2.05. The average molecular weight is 357 g/mol. The van der Waals surface area contributed by atoms with Gasteiger partial charge in [0.2, 0.25) is 0 Å². The lowest BCUT2D eigenvalue weighted by Gasteiger charge is -2.15. The number of hydrogen-bond acceptors (Lipinski definition) is 6. The lowest BCUT2D eigenvalue weighted by atomic mass is 9.91. The van der Waals surface area contributed by atoms with Gasteiger partial charge in [0, 0.05) is 17.5 Å². The van der Waals surface area contributed by atoms with Crippen LogP contribution in [0.3, 0.4) is 0 Å². The molecule has 2 aromatic rings. The molecule has 0 aliphatic rings. The molecule has 2 aromatic carbocycles. The molecule has 7 heteroatoms. The predicted molar refractivity (Wildman–Crippen MR) is 93.3 cm³/mol. The summed E-state index contributed by atoms with van der Waals surface area (Å²) in [6, 6.07) is 15.7. The SMILES string of the molecule is CC(C(=O)OCCCO[N+](=O)[O-])c1ccccc1C(=O)c1ccccc1. The van der Waals surface area contributed by atoms with Gasteiger partial charge >= 0.3 is 5.97 Å². The van der Waals surface area contributed by atoms with Crippen LogP contribution in [0.15, 0.2) is 54.6 Å². The van der Waals surface area contributed by atoms with Crippen LogP contribution in [0.4, 0.5) is 0 Å². The highest BCUT2D eigenvalue weighted by molar-refractivity contribution is 6.10. The van der Waals surface area contributed by atoms with Gasteiger partial charge in [0.1, 0.15) is 0 Å². The zero-order valence-corrected chi connectivity index (χ0v) is 14.3. The number of carbonyl (C=O) groups excluding carboxylic acids is 2. The summed E-state index contributed by atoms with van der Waals surface area (Å²) < 4.78 is 5.13. The van der Waals surface area contributed by atoms with Gasteiger partial charge in [-0.3, -0.25) is 9.59 Å². The molecule has 0 aliphatic carbocycles. The van der Waals surface area contributed by atoms with Crippen LogP contribution in [0, 0.1) is 10.1 Å². The van der Waals surface area contributed by atoms with E-state index in [1.54, 1.807) is 55.5 Å². The molecule has 0 spiro atoms. The van der Waals surface area contributed by atoms with Gasteiger partial charge in [0.15, 0.2) is 5.78 Å². The fourth-order valence-electron chi connectivity index (χ4n) is 2.45. The summed E-state index contributed by atoms with van der Waals surface area (Å²) in [5, 5.41) is 9.16. The third kappa shape index (κ3) is 5.14. The largest absolute Gasteiger partial charge is 0.465 e. The zero-order chi connectivity index (χ0) is 18.9. The van der Waals surface area contributed by atoms with Crippen LogP contribution >= 0.6 is 0 Å². The van der Waals surface area contributed by atoms with Crippen LogP contribution in [-0.4, -0.2) is 30.1 Å². The zero-order valence-electron chi connectivity index (χ0n) is 14.3. The molecule has 0 bridgehead atoms. The highest BCUT2D eigenvalue weighted by Crippen LogP contribution is 2.23. The first-order chi connectivity index (χ1) is 12.5. The second-order valence-corrected chi connectivity index (χ2v) is 5.58. The van der Waals surface area contributed by atoms with Crippen molar-refractivity contribution in [3.8, 4) is 0 Å². The van der Waals surface area contributed by atoms with E-state index in [0.29, 0.717) is 16.7 Å². The fraction of sp³-hybridized carbons (Fsp3) is 0.263. The van der Waals surface area contributed by atoms with Crippen molar-refractivity contribution in [2.75, 3.05) is 13.2 Å². The van der Waals surface area contributed by atoms with Crippen LogP contribution in [-0.2, 0) is 14.4 Å². The summed E-state index contributed by atoms with van der Waals surface area (Å²) in [5.74, 6) is -1.31. The molecule has 0 saturated carbocycles. The van der Waals surface area contributed by atoms with Gasteiger partial charge in [0.25, 0.3) is 5.09 Å². The van der Waals surface area contributed by atoms with Crippen molar-refractivity contribution in [1.82, 2.24) is 0 Å². The van der Waals surface area contributed by atoms with E-state index in [4.69, 9.17) is 4.74 Å². The smallest absolute Gasteiger partial charge is 0.313 e. The van der Waals surface area contributed by atoms with Crippen LogP contribution in [0.2, 0.25) is 0 Å². The van der Waals surface area contributed by atoms with Gasteiger partial charge in [-0.1, -0.05) is 54.6 Å². The monoisotopic (exact) mass is 357 g/mol. The molecule has 0 saturated heterocycles. The number of hydrogen-bond donors (Lipinski definition) is 0. The second kappa shape index (κ2) is 9.31. The molecule has 0 amide bonds. The maximum Gasteiger partial charge on any atom is 0.313 e. The normalized spacial score (nSPS) is 11.4. The Morgan fingerprint density at radius 2 is 1.69 bits per heavy atom. The van der Waals surface area contributed by atoms with Gasteiger partial charge in [-0.15, -0.1) is 10.1 Å². The summed E-state index contributed by atoms with van der Waals surface area (Å²) in [4.78, 5) is 39.2. The standard InChI is InChI=1S/C19H19NO6/c1-14(19(22)25-12-7-13-26-20(23)24)16-10-5-6-11-17(16)18(21)15-8-3-2-4-9-15/h2-6,8-11,14H,7,12-13H2,1H3. The fourth-order valence-corrected chi connectivity index (χ4v) is 2.45. The van der Waals surface area contributed by atoms with E-state index in [1.165, 1.54) is 0 Å². The van der Waals surface area contributed by atoms with E-state index >= 15 is 0 Å². The van der Waals surface area contributed by atoms with Crippen LogP contribution in [0.25, 0.3) is 0 Å².